The number of aliphatic hydroxyl groups is 1. The van der Waals surface area contributed by atoms with E-state index >= 15 is 0 Å². The predicted molar refractivity (Wildman–Crippen MR) is 133 cm³/mol. The van der Waals surface area contributed by atoms with Crippen LogP contribution >= 0.6 is 0 Å². The normalized spacial score (nSPS) is 15.8. The van der Waals surface area contributed by atoms with E-state index < -0.39 is 6.61 Å². The lowest BCUT2D eigenvalue weighted by Gasteiger charge is -2.22. The Morgan fingerprint density at radius 1 is 1.14 bits per heavy atom. The lowest BCUT2D eigenvalue weighted by Crippen LogP contribution is -2.33. The van der Waals surface area contributed by atoms with Crippen LogP contribution in [0.15, 0.2) is 53.6 Å². The second-order valence-corrected chi connectivity index (χ2v) is 9.05. The van der Waals surface area contributed by atoms with Gasteiger partial charge in [-0.15, -0.1) is 0 Å². The SMILES string of the molecule is Cc1ccc(OC(F)F)c(Cn2c3cc(-c4cnc(N5CCC[C@@H]5CO)nc4)ccc3c(=O)n2C)c1. The molecule has 4 aromatic rings. The number of hydrogen-bond acceptors (Lipinski definition) is 6. The summed E-state index contributed by atoms with van der Waals surface area (Å²) in [5, 5.41) is 10.1. The van der Waals surface area contributed by atoms with Crippen LogP contribution in [0.3, 0.4) is 0 Å². The van der Waals surface area contributed by atoms with Crippen LogP contribution in [0.4, 0.5) is 14.7 Å². The number of alkyl halides is 2. The number of ether oxygens (including phenoxy) is 1. The minimum Gasteiger partial charge on any atom is -0.434 e. The van der Waals surface area contributed by atoms with Crippen LogP contribution in [-0.2, 0) is 13.6 Å². The van der Waals surface area contributed by atoms with E-state index in [1.165, 1.54) is 10.7 Å². The zero-order valence-corrected chi connectivity index (χ0v) is 20.1. The van der Waals surface area contributed by atoms with Crippen molar-refractivity contribution in [2.75, 3.05) is 18.1 Å². The van der Waals surface area contributed by atoms with Gasteiger partial charge in [-0.1, -0.05) is 23.8 Å². The first-order valence-electron chi connectivity index (χ1n) is 11.8. The third-order valence-corrected chi connectivity index (χ3v) is 6.73. The summed E-state index contributed by atoms with van der Waals surface area (Å²) in [6.07, 6.45) is 5.37. The molecule has 2 aromatic heterocycles. The van der Waals surface area contributed by atoms with Gasteiger partial charge >= 0.3 is 6.61 Å². The third kappa shape index (κ3) is 4.44. The molecule has 188 valence electrons. The van der Waals surface area contributed by atoms with Gasteiger partial charge in [0.15, 0.2) is 0 Å². The first-order valence-corrected chi connectivity index (χ1v) is 11.8. The lowest BCUT2D eigenvalue weighted by molar-refractivity contribution is -0.0505. The Balaban J connectivity index is 1.52. The Kier molecular flexibility index (Phi) is 6.44. The molecular formula is C26H27F2N5O3. The zero-order chi connectivity index (χ0) is 25.4. The average molecular weight is 496 g/mol. The van der Waals surface area contributed by atoms with Gasteiger partial charge in [-0.25, -0.2) is 9.97 Å². The molecule has 5 rings (SSSR count). The minimum atomic E-state index is -2.94. The zero-order valence-electron chi connectivity index (χ0n) is 20.1. The molecule has 1 saturated heterocycles. The molecule has 10 heteroatoms. The van der Waals surface area contributed by atoms with Crippen LogP contribution in [-0.4, -0.2) is 50.2 Å². The first kappa shape index (κ1) is 23.9. The molecule has 1 aliphatic rings. The van der Waals surface area contributed by atoms with Gasteiger partial charge in [0, 0.05) is 37.1 Å². The molecule has 0 radical (unpaired) electrons. The van der Waals surface area contributed by atoms with E-state index in [4.69, 9.17) is 4.74 Å². The Labute approximate surface area is 206 Å². The molecule has 1 fully saturated rings. The fourth-order valence-electron chi connectivity index (χ4n) is 4.85. The third-order valence-electron chi connectivity index (χ3n) is 6.73. The number of halogens is 2. The number of rotatable bonds is 7. The highest BCUT2D eigenvalue weighted by Gasteiger charge is 2.26. The summed E-state index contributed by atoms with van der Waals surface area (Å²) in [6.45, 7) is -0.0224. The molecule has 1 aliphatic heterocycles. The van der Waals surface area contributed by atoms with E-state index in [-0.39, 0.29) is 30.5 Å². The van der Waals surface area contributed by atoms with E-state index in [1.54, 1.807) is 42.3 Å². The van der Waals surface area contributed by atoms with Crippen molar-refractivity contribution in [3.63, 3.8) is 0 Å². The molecule has 2 aromatic carbocycles. The Hall–Kier alpha value is -3.79. The molecular weight excluding hydrogens is 468 g/mol. The summed E-state index contributed by atoms with van der Waals surface area (Å²) in [4.78, 5) is 24.0. The van der Waals surface area contributed by atoms with E-state index in [0.717, 1.165) is 36.1 Å². The fraction of sp³-hybridized carbons (Fsp3) is 0.346. The number of hydrogen-bond donors (Lipinski definition) is 1. The van der Waals surface area contributed by atoms with Crippen molar-refractivity contribution < 1.29 is 18.6 Å². The van der Waals surface area contributed by atoms with Crippen LogP contribution in [0.2, 0.25) is 0 Å². The van der Waals surface area contributed by atoms with Crippen molar-refractivity contribution in [2.45, 2.75) is 39.0 Å². The summed E-state index contributed by atoms with van der Waals surface area (Å²) in [7, 11) is 1.65. The molecule has 0 unspecified atom stereocenters. The number of aromatic nitrogens is 4. The predicted octanol–water partition coefficient (Wildman–Crippen LogP) is 3.72. The summed E-state index contributed by atoms with van der Waals surface area (Å²) in [5.74, 6) is 0.659. The number of aryl methyl sites for hydroxylation is 1. The highest BCUT2D eigenvalue weighted by atomic mass is 19.3. The van der Waals surface area contributed by atoms with Gasteiger partial charge in [0.1, 0.15) is 5.75 Å². The highest BCUT2D eigenvalue weighted by molar-refractivity contribution is 5.84. The van der Waals surface area contributed by atoms with E-state index in [2.05, 4.69) is 9.97 Å². The monoisotopic (exact) mass is 495 g/mol. The molecule has 1 N–H and O–H groups in total. The van der Waals surface area contributed by atoms with Gasteiger partial charge in [0.25, 0.3) is 5.56 Å². The average Bonchev–Trinajstić information content (AvgIpc) is 3.44. The van der Waals surface area contributed by atoms with Crippen molar-refractivity contribution >= 4 is 16.9 Å². The lowest BCUT2D eigenvalue weighted by atomic mass is 10.1. The number of anilines is 1. The summed E-state index contributed by atoms with van der Waals surface area (Å²) in [6, 6.07) is 10.5. The number of benzene rings is 2. The Bertz CT molecular complexity index is 1450. The van der Waals surface area contributed by atoms with Gasteiger partial charge in [0.05, 0.1) is 30.1 Å². The molecule has 0 aliphatic carbocycles. The Morgan fingerprint density at radius 2 is 1.92 bits per heavy atom. The van der Waals surface area contributed by atoms with Gasteiger partial charge < -0.3 is 14.7 Å². The van der Waals surface area contributed by atoms with Crippen LogP contribution in [0.5, 0.6) is 5.75 Å². The number of aliphatic hydroxyl groups excluding tert-OH is 1. The van der Waals surface area contributed by atoms with E-state index in [1.807, 2.05) is 24.0 Å². The van der Waals surface area contributed by atoms with Crippen molar-refractivity contribution in [1.29, 1.82) is 0 Å². The van der Waals surface area contributed by atoms with Crippen molar-refractivity contribution in [1.82, 2.24) is 19.3 Å². The van der Waals surface area contributed by atoms with Gasteiger partial charge in [-0.05, 0) is 43.5 Å². The summed E-state index contributed by atoms with van der Waals surface area (Å²) >= 11 is 0. The molecule has 1 atom stereocenters. The van der Waals surface area contributed by atoms with E-state index in [9.17, 15) is 18.7 Å². The molecule has 0 saturated carbocycles. The molecule has 0 amide bonds. The van der Waals surface area contributed by atoms with Crippen LogP contribution in [0, 0.1) is 6.92 Å². The van der Waals surface area contributed by atoms with Gasteiger partial charge in [-0.2, -0.15) is 8.78 Å². The summed E-state index contributed by atoms with van der Waals surface area (Å²) < 4.78 is 33.9. The van der Waals surface area contributed by atoms with Crippen LogP contribution in [0.1, 0.15) is 24.0 Å². The number of nitrogens with zero attached hydrogens (tertiary/aromatic N) is 5. The van der Waals surface area contributed by atoms with Gasteiger partial charge in [-0.3, -0.25) is 14.2 Å². The quantitative estimate of drug-likeness (QED) is 0.421. The van der Waals surface area contributed by atoms with Crippen LogP contribution in [0.25, 0.3) is 22.0 Å². The maximum absolute atomic E-state index is 13.0. The van der Waals surface area contributed by atoms with E-state index in [0.29, 0.717) is 22.4 Å². The Morgan fingerprint density at radius 3 is 2.64 bits per heavy atom. The maximum atomic E-state index is 13.0. The van der Waals surface area contributed by atoms with Crippen LogP contribution < -0.4 is 15.2 Å². The minimum absolute atomic E-state index is 0.0338. The fourth-order valence-corrected chi connectivity index (χ4v) is 4.85. The standard InChI is InChI=1S/C26H27F2N5O3/c1-16-5-8-23(36-25(27)28)18(10-16)14-33-22-11-17(6-7-21(22)24(35)31(33)2)19-12-29-26(30-13-19)32-9-3-4-20(32)15-34/h5-8,10-13,20,25,34H,3-4,9,14-15H2,1-2H3/t20-/m1/s1. The van der Waals surface area contributed by atoms with Gasteiger partial charge in [0.2, 0.25) is 5.95 Å². The molecule has 3 heterocycles. The topological polar surface area (TPSA) is 85.4 Å². The summed E-state index contributed by atoms with van der Waals surface area (Å²) in [5.41, 5.74) is 3.52. The van der Waals surface area contributed by atoms with Crippen molar-refractivity contribution in [3.05, 3.63) is 70.3 Å². The number of fused-ring (bicyclic) bond motifs is 1. The second-order valence-electron chi connectivity index (χ2n) is 9.05. The smallest absolute Gasteiger partial charge is 0.387 e. The second kappa shape index (κ2) is 9.69. The van der Waals surface area contributed by atoms with Crippen molar-refractivity contribution in [3.8, 4) is 16.9 Å². The molecule has 0 bridgehead atoms. The molecule has 0 spiro atoms. The molecule has 36 heavy (non-hydrogen) atoms. The largest absolute Gasteiger partial charge is 0.434 e. The van der Waals surface area contributed by atoms with Crippen molar-refractivity contribution in [2.24, 2.45) is 7.05 Å². The molecule has 8 nitrogen and oxygen atoms in total. The first-order chi connectivity index (χ1) is 17.4. The maximum Gasteiger partial charge on any atom is 0.387 e. The highest BCUT2D eigenvalue weighted by Crippen LogP contribution is 2.28.